The first-order chi connectivity index (χ1) is 12.0. The number of piperidine rings is 1. The predicted octanol–water partition coefficient (Wildman–Crippen LogP) is 0.980. The highest BCUT2D eigenvalue weighted by molar-refractivity contribution is 5.78. The molecule has 1 N–H and O–H groups in total. The zero-order valence-corrected chi connectivity index (χ0v) is 15.0. The summed E-state index contributed by atoms with van der Waals surface area (Å²) in [6, 6.07) is 5.44. The van der Waals surface area contributed by atoms with Crippen molar-refractivity contribution in [1.82, 2.24) is 24.4 Å². The molecule has 0 unspecified atom stereocenters. The molecule has 3 rings (SSSR count). The maximum atomic E-state index is 12.3. The van der Waals surface area contributed by atoms with Crippen molar-refractivity contribution in [3.63, 3.8) is 0 Å². The summed E-state index contributed by atoms with van der Waals surface area (Å²) in [6.45, 7) is 8.34. The van der Waals surface area contributed by atoms with Gasteiger partial charge in [0.25, 0.3) is 0 Å². The molecule has 1 saturated heterocycles. The van der Waals surface area contributed by atoms with Crippen molar-refractivity contribution in [3.05, 3.63) is 34.9 Å². The molecule has 1 amide bonds. The minimum atomic E-state index is -0.174. The summed E-state index contributed by atoms with van der Waals surface area (Å²) in [5.41, 5.74) is 0.447. The van der Waals surface area contributed by atoms with Crippen LogP contribution in [0.15, 0.2) is 29.2 Å². The van der Waals surface area contributed by atoms with Crippen LogP contribution in [0.5, 0.6) is 0 Å². The molecule has 1 aliphatic heterocycles. The quantitative estimate of drug-likeness (QED) is 0.847. The van der Waals surface area contributed by atoms with Crippen molar-refractivity contribution in [2.24, 2.45) is 11.8 Å². The molecule has 0 atom stereocenters. The molecule has 0 saturated carbocycles. The lowest BCUT2D eigenvalue weighted by atomic mass is 9.95. The maximum Gasteiger partial charge on any atom is 0.350 e. The number of fused-ring (bicyclic) bond motifs is 1. The Balaban J connectivity index is 1.46. The minimum absolute atomic E-state index is 0.0844. The van der Waals surface area contributed by atoms with E-state index in [9.17, 15) is 9.59 Å². The molecule has 0 spiro atoms. The number of carbonyl (C=O) groups excluding carboxylic acids is 1. The van der Waals surface area contributed by atoms with Gasteiger partial charge >= 0.3 is 5.69 Å². The molecular formula is C18H27N5O2. The van der Waals surface area contributed by atoms with Crippen LogP contribution in [0.3, 0.4) is 0 Å². The summed E-state index contributed by atoms with van der Waals surface area (Å²) in [5, 5.41) is 7.23. The second-order valence-corrected chi connectivity index (χ2v) is 7.19. The number of hydrogen-bond donors (Lipinski definition) is 1. The number of pyridine rings is 1. The summed E-state index contributed by atoms with van der Waals surface area (Å²) in [7, 11) is 0. The van der Waals surface area contributed by atoms with E-state index in [1.165, 1.54) is 9.08 Å². The molecule has 2 aromatic heterocycles. The van der Waals surface area contributed by atoms with E-state index in [4.69, 9.17) is 0 Å². The summed E-state index contributed by atoms with van der Waals surface area (Å²) >= 11 is 0. The Hall–Kier alpha value is -2.15. The fourth-order valence-corrected chi connectivity index (χ4v) is 3.44. The molecule has 0 bridgehead atoms. The van der Waals surface area contributed by atoms with Crippen LogP contribution in [0, 0.1) is 11.8 Å². The number of carbonyl (C=O) groups is 1. The first-order valence-corrected chi connectivity index (χ1v) is 9.09. The van der Waals surface area contributed by atoms with Crippen molar-refractivity contribution in [3.8, 4) is 0 Å². The average molecular weight is 345 g/mol. The van der Waals surface area contributed by atoms with Crippen molar-refractivity contribution < 1.29 is 4.79 Å². The summed E-state index contributed by atoms with van der Waals surface area (Å²) in [4.78, 5) is 26.9. The van der Waals surface area contributed by atoms with Gasteiger partial charge in [0.2, 0.25) is 5.91 Å². The van der Waals surface area contributed by atoms with Crippen molar-refractivity contribution >= 4 is 11.6 Å². The van der Waals surface area contributed by atoms with Crippen LogP contribution in [0.2, 0.25) is 0 Å². The van der Waals surface area contributed by atoms with Crippen molar-refractivity contribution in [2.75, 3.05) is 26.2 Å². The van der Waals surface area contributed by atoms with Gasteiger partial charge in [-0.05, 0) is 44.0 Å². The van der Waals surface area contributed by atoms with E-state index in [0.717, 1.165) is 32.5 Å². The Kier molecular flexibility index (Phi) is 5.53. The van der Waals surface area contributed by atoms with Gasteiger partial charge in [-0.2, -0.15) is 0 Å². The normalized spacial score (nSPS) is 16.6. The van der Waals surface area contributed by atoms with E-state index in [1.807, 2.05) is 6.07 Å². The monoisotopic (exact) mass is 345 g/mol. The molecule has 7 heteroatoms. The van der Waals surface area contributed by atoms with Crippen LogP contribution >= 0.6 is 0 Å². The zero-order chi connectivity index (χ0) is 17.8. The van der Waals surface area contributed by atoms with Crippen LogP contribution in [-0.4, -0.2) is 51.2 Å². The third-order valence-corrected chi connectivity index (χ3v) is 4.69. The van der Waals surface area contributed by atoms with Crippen molar-refractivity contribution in [2.45, 2.75) is 33.2 Å². The summed E-state index contributed by atoms with van der Waals surface area (Å²) in [6.07, 6.45) is 3.52. The van der Waals surface area contributed by atoms with E-state index < -0.39 is 0 Å². The first-order valence-electron chi connectivity index (χ1n) is 9.09. The number of hydrogen-bond acceptors (Lipinski definition) is 4. The molecule has 0 aliphatic carbocycles. The van der Waals surface area contributed by atoms with Gasteiger partial charge in [-0.25, -0.2) is 9.48 Å². The Bertz CT molecular complexity index is 771. The smallest absolute Gasteiger partial charge is 0.350 e. The minimum Gasteiger partial charge on any atom is -0.354 e. The van der Waals surface area contributed by atoms with Gasteiger partial charge in [0.1, 0.15) is 0 Å². The fraction of sp³-hybridized carbons (Fsp3) is 0.611. The highest BCUT2D eigenvalue weighted by atomic mass is 16.2. The zero-order valence-electron chi connectivity index (χ0n) is 15.0. The maximum absolute atomic E-state index is 12.3. The van der Waals surface area contributed by atoms with Gasteiger partial charge in [-0.1, -0.05) is 19.9 Å². The molecular weight excluding hydrogens is 318 g/mol. The number of nitrogens with one attached hydrogen (secondary N) is 1. The predicted molar refractivity (Wildman–Crippen MR) is 96.5 cm³/mol. The van der Waals surface area contributed by atoms with Crippen LogP contribution in [0.25, 0.3) is 5.65 Å². The van der Waals surface area contributed by atoms with Crippen molar-refractivity contribution in [1.29, 1.82) is 0 Å². The average Bonchev–Trinajstić information content (AvgIpc) is 2.91. The Morgan fingerprint density at radius 1 is 1.32 bits per heavy atom. The van der Waals surface area contributed by atoms with Crippen LogP contribution < -0.4 is 11.0 Å². The molecule has 3 heterocycles. The molecule has 0 aromatic carbocycles. The molecule has 136 valence electrons. The van der Waals surface area contributed by atoms with E-state index in [0.29, 0.717) is 24.7 Å². The Morgan fingerprint density at radius 2 is 2.08 bits per heavy atom. The molecule has 1 fully saturated rings. The lowest BCUT2D eigenvalue weighted by Crippen LogP contribution is -2.42. The van der Waals surface area contributed by atoms with Crippen LogP contribution in [0.4, 0.5) is 0 Å². The molecule has 7 nitrogen and oxygen atoms in total. The van der Waals surface area contributed by atoms with E-state index >= 15 is 0 Å². The number of likely N-dealkylation sites (tertiary alicyclic amines) is 1. The van der Waals surface area contributed by atoms with Crippen LogP contribution in [0.1, 0.15) is 26.7 Å². The Morgan fingerprint density at radius 3 is 2.76 bits per heavy atom. The lowest BCUT2D eigenvalue weighted by Gasteiger charge is -2.32. The van der Waals surface area contributed by atoms with Gasteiger partial charge in [0.05, 0.1) is 6.54 Å². The molecule has 25 heavy (non-hydrogen) atoms. The van der Waals surface area contributed by atoms with Gasteiger partial charge in [0, 0.05) is 25.2 Å². The largest absolute Gasteiger partial charge is 0.354 e. The SMILES string of the molecule is CC(C)CN1CCC(C(=O)NCCn2nc3ccccn3c2=O)CC1. The topological polar surface area (TPSA) is 71.6 Å². The number of amides is 1. The highest BCUT2D eigenvalue weighted by Crippen LogP contribution is 2.18. The van der Waals surface area contributed by atoms with E-state index in [1.54, 1.807) is 18.3 Å². The molecule has 1 aliphatic rings. The second kappa shape index (κ2) is 7.82. The third kappa shape index (κ3) is 4.28. The third-order valence-electron chi connectivity index (χ3n) is 4.69. The fourth-order valence-electron chi connectivity index (χ4n) is 3.44. The van der Waals surface area contributed by atoms with Crippen LogP contribution in [-0.2, 0) is 11.3 Å². The number of nitrogens with zero attached hydrogens (tertiary/aromatic N) is 4. The summed E-state index contributed by atoms with van der Waals surface area (Å²) < 4.78 is 2.91. The molecule has 0 radical (unpaired) electrons. The van der Waals surface area contributed by atoms with E-state index in [2.05, 4.69) is 29.2 Å². The molecule has 2 aromatic rings. The number of aromatic nitrogens is 3. The van der Waals surface area contributed by atoms with Gasteiger partial charge in [0.15, 0.2) is 5.65 Å². The Labute approximate surface area is 147 Å². The standard InChI is InChI=1S/C18H27N5O2/c1-14(2)13-21-10-6-15(7-11-21)17(24)19-8-12-23-18(25)22-9-4-3-5-16(22)20-23/h3-5,9,14-15H,6-8,10-13H2,1-2H3,(H,19,24). The van der Waals surface area contributed by atoms with Gasteiger partial charge in [-0.15, -0.1) is 5.10 Å². The number of rotatable bonds is 6. The highest BCUT2D eigenvalue weighted by Gasteiger charge is 2.24. The first kappa shape index (κ1) is 17.7. The lowest BCUT2D eigenvalue weighted by molar-refractivity contribution is -0.126. The summed E-state index contributed by atoms with van der Waals surface area (Å²) in [5.74, 6) is 0.844. The second-order valence-electron chi connectivity index (χ2n) is 7.19. The van der Waals surface area contributed by atoms with Gasteiger partial charge in [-0.3, -0.25) is 9.20 Å². The van der Waals surface area contributed by atoms with E-state index in [-0.39, 0.29) is 17.5 Å². The van der Waals surface area contributed by atoms with Gasteiger partial charge < -0.3 is 10.2 Å².